The van der Waals surface area contributed by atoms with Crippen LogP contribution in [-0.2, 0) is 4.79 Å². The summed E-state index contributed by atoms with van der Waals surface area (Å²) in [4.78, 5) is 13.1. The molecule has 13 heavy (non-hydrogen) atoms. The Morgan fingerprint density at radius 2 is 2.15 bits per heavy atom. The first-order chi connectivity index (χ1) is 5.88. The first kappa shape index (κ1) is 10.5. The van der Waals surface area contributed by atoms with E-state index in [1.165, 1.54) is 0 Å². The Labute approximate surface area is 78.7 Å². The third-order valence-corrected chi connectivity index (χ3v) is 3.23. The number of aliphatic carboxylic acids is 1. The Kier molecular flexibility index (Phi) is 2.63. The van der Waals surface area contributed by atoms with Crippen LogP contribution in [-0.4, -0.2) is 41.1 Å². The van der Waals surface area contributed by atoms with Crippen molar-refractivity contribution in [2.45, 2.75) is 31.8 Å². The van der Waals surface area contributed by atoms with Gasteiger partial charge in [0.1, 0.15) is 5.54 Å². The second-order valence-corrected chi connectivity index (χ2v) is 4.24. The van der Waals surface area contributed by atoms with E-state index in [0.29, 0.717) is 6.42 Å². The molecule has 0 aliphatic carbocycles. The molecule has 1 saturated heterocycles. The van der Waals surface area contributed by atoms with Crippen LogP contribution in [0.15, 0.2) is 0 Å². The Balaban J connectivity index is 2.82. The lowest BCUT2D eigenvalue weighted by molar-refractivity contribution is -0.148. The molecule has 0 unspecified atom stereocenters. The molecule has 3 atom stereocenters. The van der Waals surface area contributed by atoms with E-state index in [2.05, 4.69) is 4.90 Å². The molecule has 0 saturated carbocycles. The van der Waals surface area contributed by atoms with E-state index < -0.39 is 11.5 Å². The van der Waals surface area contributed by atoms with E-state index >= 15 is 0 Å². The molecule has 0 amide bonds. The summed E-state index contributed by atoms with van der Waals surface area (Å²) in [7, 11) is 2.00. The van der Waals surface area contributed by atoms with Crippen LogP contribution in [0.2, 0.25) is 0 Å². The van der Waals surface area contributed by atoms with Gasteiger partial charge in [-0.25, -0.2) is 0 Å². The Morgan fingerprint density at radius 3 is 2.62 bits per heavy atom. The van der Waals surface area contributed by atoms with Gasteiger partial charge in [0, 0.05) is 12.6 Å². The maximum atomic E-state index is 11.0. The second-order valence-electron chi connectivity index (χ2n) is 4.24. The number of hydrogen-bond donors (Lipinski definition) is 2. The largest absolute Gasteiger partial charge is 0.480 e. The molecule has 0 aromatic rings. The van der Waals surface area contributed by atoms with Crippen LogP contribution in [0.1, 0.15) is 20.3 Å². The highest BCUT2D eigenvalue weighted by Crippen LogP contribution is 2.28. The zero-order valence-corrected chi connectivity index (χ0v) is 8.45. The summed E-state index contributed by atoms with van der Waals surface area (Å²) in [5.41, 5.74) is 4.84. The quantitative estimate of drug-likeness (QED) is 0.611. The fourth-order valence-electron chi connectivity index (χ4n) is 1.92. The molecule has 0 aromatic heterocycles. The second kappa shape index (κ2) is 3.27. The molecule has 4 nitrogen and oxygen atoms in total. The van der Waals surface area contributed by atoms with Crippen LogP contribution in [0.25, 0.3) is 0 Å². The van der Waals surface area contributed by atoms with Crippen LogP contribution in [0.4, 0.5) is 0 Å². The minimum atomic E-state index is -1.04. The van der Waals surface area contributed by atoms with E-state index in [1.54, 1.807) is 0 Å². The topological polar surface area (TPSA) is 66.6 Å². The summed E-state index contributed by atoms with van der Waals surface area (Å²) in [6.07, 6.45) is 0.528. The van der Waals surface area contributed by atoms with E-state index in [0.717, 1.165) is 6.54 Å². The zero-order valence-electron chi connectivity index (χ0n) is 8.45. The van der Waals surface area contributed by atoms with Gasteiger partial charge >= 0.3 is 5.97 Å². The number of piperidine rings is 1. The lowest BCUT2D eigenvalue weighted by Crippen LogP contribution is -2.62. The standard InChI is InChI=1S/C9H18N2O2/c1-6-5-11(3)7(2)4-9(6,10)8(12)13/h6-7H,4-5,10H2,1-3H3,(H,12,13)/t6-,7-,9+/m1/s1. The molecule has 0 radical (unpaired) electrons. The molecule has 0 bridgehead atoms. The van der Waals surface area contributed by atoms with E-state index in [4.69, 9.17) is 10.8 Å². The smallest absolute Gasteiger partial charge is 0.324 e. The highest BCUT2D eigenvalue weighted by Gasteiger charge is 2.45. The van der Waals surface area contributed by atoms with Crippen molar-refractivity contribution in [3.63, 3.8) is 0 Å². The van der Waals surface area contributed by atoms with Gasteiger partial charge in [-0.3, -0.25) is 4.79 Å². The number of likely N-dealkylation sites (tertiary alicyclic amines) is 1. The predicted octanol–water partition coefficient (Wildman–Crippen LogP) is 0.129. The summed E-state index contributed by atoms with van der Waals surface area (Å²) >= 11 is 0. The van der Waals surface area contributed by atoms with Gasteiger partial charge in [0.15, 0.2) is 0 Å². The number of hydrogen-bond acceptors (Lipinski definition) is 3. The third kappa shape index (κ3) is 1.69. The minimum absolute atomic E-state index is 0.00574. The van der Waals surface area contributed by atoms with Gasteiger partial charge in [-0.2, -0.15) is 0 Å². The SMILES string of the molecule is C[C@@H]1C[C@@](N)(C(=O)O)[C@H](C)CN1C. The van der Waals surface area contributed by atoms with Crippen LogP contribution in [0, 0.1) is 5.92 Å². The summed E-state index contributed by atoms with van der Waals surface area (Å²) < 4.78 is 0. The number of rotatable bonds is 1. The molecule has 0 spiro atoms. The van der Waals surface area contributed by atoms with Gasteiger partial charge in [-0.15, -0.1) is 0 Å². The Hall–Kier alpha value is -0.610. The molecule has 1 aliphatic rings. The van der Waals surface area contributed by atoms with Crippen molar-refractivity contribution in [3.8, 4) is 0 Å². The lowest BCUT2D eigenvalue weighted by atomic mass is 9.77. The molecular weight excluding hydrogens is 168 g/mol. The molecule has 1 fully saturated rings. The highest BCUT2D eigenvalue weighted by molar-refractivity contribution is 5.79. The molecular formula is C9H18N2O2. The number of carboxylic acids is 1. The number of carbonyl (C=O) groups is 1. The van der Waals surface area contributed by atoms with Crippen molar-refractivity contribution < 1.29 is 9.90 Å². The van der Waals surface area contributed by atoms with Crippen molar-refractivity contribution in [2.24, 2.45) is 11.7 Å². The van der Waals surface area contributed by atoms with Gasteiger partial charge in [-0.1, -0.05) is 6.92 Å². The van der Waals surface area contributed by atoms with Crippen molar-refractivity contribution in [3.05, 3.63) is 0 Å². The average molecular weight is 186 g/mol. The molecule has 4 heteroatoms. The maximum absolute atomic E-state index is 11.0. The third-order valence-electron chi connectivity index (χ3n) is 3.23. The van der Waals surface area contributed by atoms with Crippen LogP contribution >= 0.6 is 0 Å². The summed E-state index contributed by atoms with van der Waals surface area (Å²) in [6, 6.07) is 0.247. The van der Waals surface area contributed by atoms with Crippen molar-refractivity contribution in [1.82, 2.24) is 4.90 Å². The Morgan fingerprint density at radius 1 is 1.62 bits per heavy atom. The van der Waals surface area contributed by atoms with E-state index in [-0.39, 0.29) is 12.0 Å². The lowest BCUT2D eigenvalue weighted by Gasteiger charge is -2.43. The van der Waals surface area contributed by atoms with Gasteiger partial charge in [-0.05, 0) is 26.3 Å². The highest BCUT2D eigenvalue weighted by atomic mass is 16.4. The molecule has 1 heterocycles. The minimum Gasteiger partial charge on any atom is -0.480 e. The fourth-order valence-corrected chi connectivity index (χ4v) is 1.92. The maximum Gasteiger partial charge on any atom is 0.324 e. The predicted molar refractivity (Wildman–Crippen MR) is 50.4 cm³/mol. The molecule has 0 aromatic carbocycles. The Bertz CT molecular complexity index is 220. The zero-order chi connectivity index (χ0) is 10.2. The normalized spacial score (nSPS) is 41.8. The number of nitrogens with two attached hydrogens (primary N) is 1. The van der Waals surface area contributed by atoms with Crippen molar-refractivity contribution in [1.29, 1.82) is 0 Å². The van der Waals surface area contributed by atoms with Gasteiger partial charge in [0.05, 0.1) is 0 Å². The number of carboxylic acid groups (broad SMARTS) is 1. The average Bonchev–Trinajstić information content (AvgIpc) is 2.01. The number of nitrogens with zero attached hydrogens (tertiary/aromatic N) is 1. The van der Waals surface area contributed by atoms with Crippen LogP contribution < -0.4 is 5.73 Å². The first-order valence-corrected chi connectivity index (χ1v) is 4.60. The van der Waals surface area contributed by atoms with Gasteiger partial charge in [0.2, 0.25) is 0 Å². The van der Waals surface area contributed by atoms with Crippen LogP contribution in [0.3, 0.4) is 0 Å². The van der Waals surface area contributed by atoms with Gasteiger partial charge < -0.3 is 15.7 Å². The van der Waals surface area contributed by atoms with E-state index in [1.807, 2.05) is 20.9 Å². The summed E-state index contributed by atoms with van der Waals surface area (Å²) in [5, 5.41) is 9.03. The van der Waals surface area contributed by atoms with E-state index in [9.17, 15) is 4.79 Å². The molecule has 76 valence electrons. The summed E-state index contributed by atoms with van der Waals surface area (Å²) in [6.45, 7) is 4.66. The first-order valence-electron chi connectivity index (χ1n) is 4.60. The van der Waals surface area contributed by atoms with Crippen LogP contribution in [0.5, 0.6) is 0 Å². The molecule has 3 N–H and O–H groups in total. The molecule has 1 aliphatic heterocycles. The van der Waals surface area contributed by atoms with Gasteiger partial charge in [0.25, 0.3) is 0 Å². The van der Waals surface area contributed by atoms with Crippen molar-refractivity contribution in [2.75, 3.05) is 13.6 Å². The van der Waals surface area contributed by atoms with Crippen molar-refractivity contribution >= 4 is 5.97 Å². The summed E-state index contributed by atoms with van der Waals surface area (Å²) in [5.74, 6) is -0.869. The monoisotopic (exact) mass is 186 g/mol. The fraction of sp³-hybridized carbons (Fsp3) is 0.889. The molecule has 1 rings (SSSR count).